The molecule has 0 aliphatic heterocycles. The molecule has 0 heterocycles. The number of ether oxygens (including phenoxy) is 1. The van der Waals surface area contributed by atoms with Crippen molar-refractivity contribution in [3.63, 3.8) is 0 Å². The first-order valence-electron chi connectivity index (χ1n) is 6.49. The van der Waals surface area contributed by atoms with Crippen LogP contribution in [-0.4, -0.2) is 12.6 Å². The number of nitrogens with two attached hydrogens (primary N) is 1. The summed E-state index contributed by atoms with van der Waals surface area (Å²) in [6.45, 7) is 3.97. The van der Waals surface area contributed by atoms with E-state index < -0.39 is 11.8 Å². The fourth-order valence-corrected chi connectivity index (χ4v) is 1.67. The van der Waals surface area contributed by atoms with E-state index in [1.807, 2.05) is 13.8 Å². The molecule has 0 saturated carbocycles. The summed E-state index contributed by atoms with van der Waals surface area (Å²) >= 11 is 0. The van der Waals surface area contributed by atoms with Crippen molar-refractivity contribution in [3.05, 3.63) is 29.6 Å². The molecule has 4 nitrogen and oxygen atoms in total. The highest BCUT2D eigenvalue weighted by Gasteiger charge is 2.16. The number of nitriles is 1. The number of unbranched alkanes of at least 4 members (excludes halogenated alkanes) is 1. The van der Waals surface area contributed by atoms with Crippen LogP contribution in [0.5, 0.6) is 0 Å². The molecule has 2 N–H and O–H groups in total. The minimum absolute atomic E-state index is 0.0438. The van der Waals surface area contributed by atoms with Crippen molar-refractivity contribution in [1.82, 2.24) is 0 Å². The van der Waals surface area contributed by atoms with Gasteiger partial charge < -0.3 is 10.5 Å². The maximum atomic E-state index is 13.0. The monoisotopic (exact) mass is 278 g/mol. The average molecular weight is 278 g/mol. The molecule has 0 fully saturated rings. The Hall–Kier alpha value is -2.09. The van der Waals surface area contributed by atoms with E-state index in [-0.39, 0.29) is 23.3 Å². The van der Waals surface area contributed by atoms with Crippen LogP contribution in [0.1, 0.15) is 43.5 Å². The van der Waals surface area contributed by atoms with Gasteiger partial charge in [-0.25, -0.2) is 9.18 Å². The van der Waals surface area contributed by atoms with Gasteiger partial charge in [-0.15, -0.1) is 0 Å². The Balaban J connectivity index is 2.38. The number of carbonyl (C=O) groups is 1. The lowest BCUT2D eigenvalue weighted by Gasteiger charge is -2.14. The van der Waals surface area contributed by atoms with Crippen LogP contribution in [0.3, 0.4) is 0 Å². The topological polar surface area (TPSA) is 76.1 Å². The third kappa shape index (κ3) is 4.88. The van der Waals surface area contributed by atoms with Gasteiger partial charge in [0.25, 0.3) is 0 Å². The van der Waals surface area contributed by atoms with Crippen LogP contribution in [0, 0.1) is 22.6 Å². The quantitative estimate of drug-likeness (QED) is 0.492. The average Bonchev–Trinajstić information content (AvgIpc) is 2.40. The predicted octanol–water partition coefficient (Wildman–Crippen LogP) is 3.28. The lowest BCUT2D eigenvalue weighted by atomic mass is 9.89. The van der Waals surface area contributed by atoms with Crippen molar-refractivity contribution in [3.8, 4) is 6.07 Å². The van der Waals surface area contributed by atoms with Crippen molar-refractivity contribution in [2.75, 3.05) is 12.3 Å². The number of rotatable bonds is 6. The van der Waals surface area contributed by atoms with Crippen molar-refractivity contribution in [2.45, 2.75) is 33.1 Å². The number of hydrogen-bond acceptors (Lipinski definition) is 4. The Kier molecular flexibility index (Phi) is 5.51. The van der Waals surface area contributed by atoms with Gasteiger partial charge in [0.05, 0.1) is 23.7 Å². The molecule has 5 heteroatoms. The molecule has 1 aromatic carbocycles. The van der Waals surface area contributed by atoms with Gasteiger partial charge in [0.1, 0.15) is 5.82 Å². The SMILES string of the molecule is CC(C)(C#N)CCCCOC(=O)c1cc(F)ccc1N. The van der Waals surface area contributed by atoms with Gasteiger partial charge >= 0.3 is 5.97 Å². The number of nitrogens with zero attached hydrogens (tertiary/aromatic N) is 1. The van der Waals surface area contributed by atoms with Gasteiger partial charge in [0.15, 0.2) is 0 Å². The summed E-state index contributed by atoms with van der Waals surface area (Å²) in [6, 6.07) is 5.81. The normalized spacial score (nSPS) is 10.9. The molecule has 1 aromatic rings. The number of hydrogen-bond donors (Lipinski definition) is 1. The predicted molar refractivity (Wildman–Crippen MR) is 74.3 cm³/mol. The van der Waals surface area contributed by atoms with E-state index in [0.717, 1.165) is 18.9 Å². The molecule has 0 atom stereocenters. The fraction of sp³-hybridized carbons (Fsp3) is 0.467. The van der Waals surface area contributed by atoms with Gasteiger partial charge in [0.2, 0.25) is 0 Å². The Morgan fingerprint density at radius 3 is 2.80 bits per heavy atom. The lowest BCUT2D eigenvalue weighted by molar-refractivity contribution is 0.0497. The zero-order valence-electron chi connectivity index (χ0n) is 11.8. The van der Waals surface area contributed by atoms with Crippen molar-refractivity contribution in [2.24, 2.45) is 5.41 Å². The van der Waals surface area contributed by atoms with Gasteiger partial charge in [-0.1, -0.05) is 0 Å². The largest absolute Gasteiger partial charge is 0.462 e. The fourth-order valence-electron chi connectivity index (χ4n) is 1.67. The van der Waals surface area contributed by atoms with Crippen LogP contribution < -0.4 is 5.73 Å². The van der Waals surface area contributed by atoms with Crippen LogP contribution >= 0.6 is 0 Å². The highest BCUT2D eigenvalue weighted by molar-refractivity contribution is 5.95. The molecule has 0 unspecified atom stereocenters. The summed E-state index contributed by atoms with van der Waals surface area (Å²) in [7, 11) is 0. The van der Waals surface area contributed by atoms with E-state index in [4.69, 9.17) is 15.7 Å². The first-order valence-corrected chi connectivity index (χ1v) is 6.49. The molecule has 0 aliphatic carbocycles. The summed E-state index contributed by atoms with van der Waals surface area (Å²) in [5.74, 6) is -1.15. The summed E-state index contributed by atoms with van der Waals surface area (Å²) < 4.78 is 18.1. The molecule has 0 saturated heterocycles. The van der Waals surface area contributed by atoms with Crippen LogP contribution in [0.2, 0.25) is 0 Å². The molecule has 0 amide bonds. The molecule has 0 spiro atoms. The van der Waals surface area contributed by atoms with Crippen LogP contribution in [-0.2, 0) is 4.74 Å². The first kappa shape index (κ1) is 16.0. The van der Waals surface area contributed by atoms with E-state index in [1.165, 1.54) is 12.1 Å². The molecule has 108 valence electrons. The molecule has 0 radical (unpaired) electrons. The van der Waals surface area contributed by atoms with Gasteiger partial charge in [-0.05, 0) is 51.3 Å². The molecule has 0 bridgehead atoms. The van der Waals surface area contributed by atoms with Crippen molar-refractivity contribution < 1.29 is 13.9 Å². The standard InChI is InChI=1S/C15H19FN2O2/c1-15(2,10-17)7-3-4-8-20-14(19)12-9-11(16)5-6-13(12)18/h5-6,9H,3-4,7-8,18H2,1-2H3. The van der Waals surface area contributed by atoms with E-state index in [9.17, 15) is 9.18 Å². The molecule has 0 aromatic heterocycles. The van der Waals surface area contributed by atoms with Crippen LogP contribution in [0.25, 0.3) is 0 Å². The molecular weight excluding hydrogens is 259 g/mol. The number of anilines is 1. The van der Waals surface area contributed by atoms with Gasteiger partial charge in [-0.2, -0.15) is 5.26 Å². The number of benzene rings is 1. The summed E-state index contributed by atoms with van der Waals surface area (Å²) in [6.07, 6.45) is 2.18. The number of carbonyl (C=O) groups excluding carboxylic acids is 1. The van der Waals surface area contributed by atoms with E-state index in [0.29, 0.717) is 6.42 Å². The molecular formula is C15H19FN2O2. The number of nitrogen functional groups attached to an aromatic ring is 1. The number of halogens is 1. The second-order valence-electron chi connectivity index (χ2n) is 5.32. The van der Waals surface area contributed by atoms with Crippen LogP contribution in [0.4, 0.5) is 10.1 Å². The first-order chi connectivity index (χ1) is 9.35. The maximum absolute atomic E-state index is 13.0. The second kappa shape index (κ2) is 6.90. The Morgan fingerprint density at radius 2 is 2.15 bits per heavy atom. The maximum Gasteiger partial charge on any atom is 0.340 e. The second-order valence-corrected chi connectivity index (χ2v) is 5.32. The minimum atomic E-state index is -0.624. The van der Waals surface area contributed by atoms with Crippen molar-refractivity contribution >= 4 is 11.7 Å². The smallest absolute Gasteiger partial charge is 0.340 e. The molecule has 20 heavy (non-hydrogen) atoms. The highest BCUT2D eigenvalue weighted by Crippen LogP contribution is 2.21. The Bertz CT molecular complexity index is 521. The molecule has 0 aliphatic rings. The molecule has 1 rings (SSSR count). The third-order valence-corrected chi connectivity index (χ3v) is 2.97. The van der Waals surface area contributed by atoms with Gasteiger partial charge in [0, 0.05) is 5.69 Å². The Labute approximate surface area is 118 Å². The summed E-state index contributed by atoms with van der Waals surface area (Å²) in [5, 5.41) is 8.86. The number of esters is 1. The zero-order chi connectivity index (χ0) is 15.2. The highest BCUT2D eigenvalue weighted by atomic mass is 19.1. The van der Waals surface area contributed by atoms with Crippen LogP contribution in [0.15, 0.2) is 18.2 Å². The van der Waals surface area contributed by atoms with Crippen molar-refractivity contribution in [1.29, 1.82) is 5.26 Å². The van der Waals surface area contributed by atoms with Gasteiger partial charge in [-0.3, -0.25) is 0 Å². The zero-order valence-corrected chi connectivity index (χ0v) is 11.8. The van der Waals surface area contributed by atoms with E-state index in [2.05, 4.69) is 6.07 Å². The summed E-state index contributed by atoms with van der Waals surface area (Å²) in [5.41, 5.74) is 5.47. The minimum Gasteiger partial charge on any atom is -0.462 e. The summed E-state index contributed by atoms with van der Waals surface area (Å²) in [4.78, 5) is 11.7. The Morgan fingerprint density at radius 1 is 1.45 bits per heavy atom. The van der Waals surface area contributed by atoms with E-state index in [1.54, 1.807) is 0 Å². The third-order valence-electron chi connectivity index (χ3n) is 2.97. The lowest BCUT2D eigenvalue weighted by Crippen LogP contribution is -2.11. The van der Waals surface area contributed by atoms with E-state index >= 15 is 0 Å².